The lowest BCUT2D eigenvalue weighted by Gasteiger charge is -2.25. The highest BCUT2D eigenvalue weighted by Gasteiger charge is 2.48. The van der Waals surface area contributed by atoms with E-state index in [1.54, 1.807) is 13.8 Å². The predicted octanol–water partition coefficient (Wildman–Crippen LogP) is 3.22. The van der Waals surface area contributed by atoms with Gasteiger partial charge in [0.25, 0.3) is 5.17 Å². The third kappa shape index (κ3) is 3.20. The van der Waals surface area contributed by atoms with E-state index in [9.17, 15) is 4.57 Å². The average Bonchev–Trinajstić information content (AvgIpc) is 2.83. The van der Waals surface area contributed by atoms with Crippen molar-refractivity contribution in [3.8, 4) is 0 Å². The zero-order valence-corrected chi connectivity index (χ0v) is 13.2. The minimum absolute atomic E-state index is 0.212. The van der Waals surface area contributed by atoms with Crippen molar-refractivity contribution >= 4 is 25.0 Å². The summed E-state index contributed by atoms with van der Waals surface area (Å²) in [6.07, 6.45) is -0.479. The zero-order chi connectivity index (χ0) is 14.6. The Morgan fingerprint density at radius 1 is 1.25 bits per heavy atom. The van der Waals surface area contributed by atoms with Gasteiger partial charge in [-0.1, -0.05) is 30.3 Å². The fourth-order valence-corrected chi connectivity index (χ4v) is 4.38. The zero-order valence-electron chi connectivity index (χ0n) is 11.4. The van der Waals surface area contributed by atoms with Gasteiger partial charge in [0, 0.05) is 0 Å². The van der Waals surface area contributed by atoms with Gasteiger partial charge in [0.1, 0.15) is 0 Å². The van der Waals surface area contributed by atoms with Gasteiger partial charge in [-0.3, -0.25) is 4.57 Å². The molecule has 1 aliphatic heterocycles. The number of hydrogen-bond acceptors (Lipinski definition) is 5. The standard InChI is InChI=1S/C13H18NO4PS/c1-3-16-19(15,17-4-2)12-11(18-13(20)14-12)10-8-6-5-7-9-10/h5-9,11-12H,3-4H2,1-2H3,(H,14,20)/t11-,12+/m0/s1. The minimum Gasteiger partial charge on any atom is -0.460 e. The van der Waals surface area contributed by atoms with Crippen LogP contribution in [0, 0.1) is 0 Å². The van der Waals surface area contributed by atoms with Crippen molar-refractivity contribution < 1.29 is 18.3 Å². The first-order valence-electron chi connectivity index (χ1n) is 6.51. The number of hydrogen-bond donors (Lipinski definition) is 1. The van der Waals surface area contributed by atoms with Gasteiger partial charge in [-0.2, -0.15) is 0 Å². The Morgan fingerprint density at radius 2 is 1.85 bits per heavy atom. The Hall–Kier alpha value is -0.940. The molecule has 0 saturated carbocycles. The van der Waals surface area contributed by atoms with Gasteiger partial charge in [0.2, 0.25) is 0 Å². The number of nitrogens with one attached hydrogen (secondary N) is 1. The Kier molecular flexibility index (Phi) is 5.16. The van der Waals surface area contributed by atoms with Crippen molar-refractivity contribution in [3.05, 3.63) is 35.9 Å². The van der Waals surface area contributed by atoms with Crippen LogP contribution in [0.2, 0.25) is 0 Å². The van der Waals surface area contributed by atoms with Crippen LogP contribution in [0.3, 0.4) is 0 Å². The molecule has 0 bridgehead atoms. The maximum absolute atomic E-state index is 12.9. The van der Waals surface area contributed by atoms with E-state index >= 15 is 0 Å². The van der Waals surface area contributed by atoms with E-state index in [0.29, 0.717) is 13.2 Å². The van der Waals surface area contributed by atoms with Crippen LogP contribution >= 0.6 is 19.8 Å². The predicted molar refractivity (Wildman–Crippen MR) is 80.6 cm³/mol. The van der Waals surface area contributed by atoms with Crippen LogP contribution in [0.4, 0.5) is 0 Å². The largest absolute Gasteiger partial charge is 0.460 e. The third-order valence-corrected chi connectivity index (χ3v) is 5.40. The van der Waals surface area contributed by atoms with E-state index in [4.69, 9.17) is 26.0 Å². The Labute approximate surface area is 124 Å². The lowest BCUT2D eigenvalue weighted by atomic mass is 10.1. The monoisotopic (exact) mass is 315 g/mol. The second-order valence-electron chi connectivity index (χ2n) is 4.20. The van der Waals surface area contributed by atoms with E-state index < -0.39 is 19.5 Å². The molecule has 0 radical (unpaired) electrons. The van der Waals surface area contributed by atoms with Gasteiger partial charge in [-0.15, -0.1) is 0 Å². The molecule has 1 N–H and O–H groups in total. The quantitative estimate of drug-likeness (QED) is 0.642. The summed E-state index contributed by atoms with van der Waals surface area (Å²) in [5, 5.41) is 3.12. The van der Waals surface area contributed by atoms with Crippen LogP contribution in [0.5, 0.6) is 0 Å². The maximum atomic E-state index is 12.9. The highest BCUT2D eigenvalue weighted by Crippen LogP contribution is 2.57. The van der Waals surface area contributed by atoms with Crippen LogP contribution in [0.15, 0.2) is 30.3 Å². The Balaban J connectivity index is 2.32. The summed E-state index contributed by atoms with van der Waals surface area (Å²) in [5.41, 5.74) is 0.879. The highest BCUT2D eigenvalue weighted by atomic mass is 32.1. The molecule has 0 aromatic heterocycles. The summed E-state index contributed by atoms with van der Waals surface area (Å²) < 4.78 is 29.3. The summed E-state index contributed by atoms with van der Waals surface area (Å²) in [6.45, 7) is 4.14. The topological polar surface area (TPSA) is 56.8 Å². The maximum Gasteiger partial charge on any atom is 0.357 e. The summed E-state index contributed by atoms with van der Waals surface area (Å²) in [7, 11) is -3.35. The molecular formula is C13H18NO4PS. The molecule has 1 saturated heterocycles. The molecule has 7 heteroatoms. The summed E-state index contributed by atoms with van der Waals surface area (Å²) >= 11 is 5.04. The normalized spacial score (nSPS) is 22.4. The van der Waals surface area contributed by atoms with E-state index in [1.165, 1.54) is 0 Å². The number of benzene rings is 1. The highest BCUT2D eigenvalue weighted by molar-refractivity contribution is 7.80. The molecule has 1 aromatic rings. The molecule has 0 unspecified atom stereocenters. The lowest BCUT2D eigenvalue weighted by molar-refractivity contribution is 0.177. The molecule has 1 fully saturated rings. The van der Waals surface area contributed by atoms with E-state index in [-0.39, 0.29) is 5.17 Å². The fraction of sp³-hybridized carbons (Fsp3) is 0.462. The van der Waals surface area contributed by atoms with Gasteiger partial charge in [-0.25, -0.2) is 0 Å². The third-order valence-electron chi connectivity index (χ3n) is 2.87. The van der Waals surface area contributed by atoms with Crippen LogP contribution in [-0.4, -0.2) is 24.2 Å². The van der Waals surface area contributed by atoms with Gasteiger partial charge in [0.15, 0.2) is 11.9 Å². The Morgan fingerprint density at radius 3 is 2.40 bits per heavy atom. The fourth-order valence-electron chi connectivity index (χ4n) is 2.11. The molecule has 0 aliphatic carbocycles. The molecule has 20 heavy (non-hydrogen) atoms. The number of thiocarbonyl (C=S) groups is 1. The van der Waals surface area contributed by atoms with Crippen LogP contribution in [0.25, 0.3) is 0 Å². The molecule has 110 valence electrons. The van der Waals surface area contributed by atoms with Crippen LogP contribution < -0.4 is 5.32 Å². The Bertz CT molecular complexity index is 500. The molecule has 0 spiro atoms. The average molecular weight is 315 g/mol. The van der Waals surface area contributed by atoms with Crippen molar-refractivity contribution in [1.29, 1.82) is 0 Å². The smallest absolute Gasteiger partial charge is 0.357 e. The summed E-state index contributed by atoms with van der Waals surface area (Å²) in [4.78, 5) is 0. The second kappa shape index (κ2) is 6.68. The van der Waals surface area contributed by atoms with E-state index in [0.717, 1.165) is 5.56 Å². The van der Waals surface area contributed by atoms with Gasteiger partial charge in [-0.05, 0) is 31.6 Å². The first-order chi connectivity index (χ1) is 9.60. The van der Waals surface area contributed by atoms with Gasteiger partial charge in [0.05, 0.1) is 13.2 Å². The van der Waals surface area contributed by atoms with Crippen molar-refractivity contribution in [1.82, 2.24) is 5.32 Å². The lowest BCUT2D eigenvalue weighted by Crippen LogP contribution is -2.29. The molecule has 1 heterocycles. The first-order valence-corrected chi connectivity index (χ1v) is 8.53. The van der Waals surface area contributed by atoms with Crippen molar-refractivity contribution in [3.63, 3.8) is 0 Å². The van der Waals surface area contributed by atoms with Crippen LogP contribution in [-0.2, 0) is 18.3 Å². The minimum atomic E-state index is -3.35. The van der Waals surface area contributed by atoms with Gasteiger partial charge >= 0.3 is 7.60 Å². The molecule has 2 atom stereocenters. The second-order valence-corrected chi connectivity index (χ2v) is 6.72. The molecule has 0 amide bonds. The van der Waals surface area contributed by atoms with Crippen molar-refractivity contribution in [2.45, 2.75) is 25.7 Å². The van der Waals surface area contributed by atoms with E-state index in [2.05, 4.69) is 5.32 Å². The first kappa shape index (κ1) is 15.4. The summed E-state index contributed by atoms with van der Waals surface area (Å²) in [6, 6.07) is 9.49. The number of rotatable bonds is 6. The van der Waals surface area contributed by atoms with Gasteiger partial charge < -0.3 is 19.1 Å². The molecule has 1 aliphatic rings. The van der Waals surface area contributed by atoms with Crippen LogP contribution in [0.1, 0.15) is 25.5 Å². The molecular weight excluding hydrogens is 297 g/mol. The van der Waals surface area contributed by atoms with E-state index in [1.807, 2.05) is 30.3 Å². The summed E-state index contributed by atoms with van der Waals surface area (Å²) in [5.74, 6) is -0.628. The van der Waals surface area contributed by atoms with Crippen molar-refractivity contribution in [2.75, 3.05) is 13.2 Å². The SMILES string of the molecule is CCOP(=O)(OCC)[C@H]1NC(=S)O[C@H]1c1ccccc1. The van der Waals surface area contributed by atoms with Crippen molar-refractivity contribution in [2.24, 2.45) is 0 Å². The molecule has 5 nitrogen and oxygen atoms in total. The molecule has 1 aromatic carbocycles. The molecule has 2 rings (SSSR count). The number of ether oxygens (including phenoxy) is 1.